The SMILES string of the molecule is CCC1NN2C(=O)C(CC(=O)OC)=C(C)NC2C1c1ccc(OC)c(OC)c1. The molecule has 0 aliphatic carbocycles. The minimum Gasteiger partial charge on any atom is -0.493 e. The van der Waals surface area contributed by atoms with Gasteiger partial charge < -0.3 is 19.5 Å². The summed E-state index contributed by atoms with van der Waals surface area (Å²) >= 11 is 0. The van der Waals surface area contributed by atoms with Crippen LogP contribution in [0, 0.1) is 0 Å². The number of methoxy groups -OCH3 is 3. The molecule has 2 aliphatic heterocycles. The second-order valence-corrected chi connectivity index (χ2v) is 6.90. The monoisotopic (exact) mass is 389 g/mol. The Morgan fingerprint density at radius 3 is 2.50 bits per heavy atom. The van der Waals surface area contributed by atoms with E-state index in [-0.39, 0.29) is 30.5 Å². The predicted octanol–water partition coefficient (Wildman–Crippen LogP) is 1.68. The normalized spacial score (nSPS) is 24.0. The number of allylic oxidation sites excluding steroid dienone is 1. The number of rotatable bonds is 6. The number of hydrogen-bond donors (Lipinski definition) is 2. The van der Waals surface area contributed by atoms with Gasteiger partial charge in [-0.05, 0) is 31.0 Å². The van der Waals surface area contributed by atoms with Crippen molar-refractivity contribution in [2.75, 3.05) is 21.3 Å². The van der Waals surface area contributed by atoms with Gasteiger partial charge >= 0.3 is 5.97 Å². The van der Waals surface area contributed by atoms with Gasteiger partial charge in [0, 0.05) is 23.2 Å². The number of benzene rings is 1. The number of nitrogens with zero attached hydrogens (tertiary/aromatic N) is 1. The van der Waals surface area contributed by atoms with Gasteiger partial charge in [-0.2, -0.15) is 0 Å². The number of ether oxygens (including phenoxy) is 3. The highest BCUT2D eigenvalue weighted by molar-refractivity contribution is 5.99. The van der Waals surface area contributed by atoms with Crippen molar-refractivity contribution < 1.29 is 23.8 Å². The molecule has 1 saturated heterocycles. The molecule has 3 unspecified atom stereocenters. The van der Waals surface area contributed by atoms with Crippen molar-refractivity contribution in [3.8, 4) is 11.5 Å². The van der Waals surface area contributed by atoms with E-state index in [0.29, 0.717) is 22.8 Å². The molecule has 0 bridgehead atoms. The highest BCUT2D eigenvalue weighted by Crippen LogP contribution is 2.39. The van der Waals surface area contributed by atoms with Gasteiger partial charge in [-0.15, -0.1) is 0 Å². The number of carbonyl (C=O) groups is 2. The Balaban J connectivity index is 1.96. The standard InChI is InChI=1S/C20H27N3O5/c1-6-14-18(12-7-8-15(26-3)16(9-12)27-4)19-21-11(2)13(10-17(24)28-5)20(25)23(19)22-14/h7-9,14,18-19,21-22H,6,10H2,1-5H3. The molecule has 0 radical (unpaired) electrons. The molecule has 2 aliphatic rings. The van der Waals surface area contributed by atoms with Crippen LogP contribution in [0.5, 0.6) is 11.5 Å². The lowest BCUT2D eigenvalue weighted by atomic mass is 9.87. The Labute approximate surface area is 164 Å². The molecule has 0 saturated carbocycles. The van der Waals surface area contributed by atoms with Gasteiger partial charge in [-0.3, -0.25) is 14.6 Å². The third kappa shape index (κ3) is 3.40. The molecule has 3 rings (SSSR count). The molecule has 1 fully saturated rings. The Morgan fingerprint density at radius 2 is 1.89 bits per heavy atom. The van der Waals surface area contributed by atoms with Crippen molar-refractivity contribution in [3.05, 3.63) is 35.0 Å². The fourth-order valence-corrected chi connectivity index (χ4v) is 3.92. The van der Waals surface area contributed by atoms with E-state index in [1.165, 1.54) is 7.11 Å². The molecule has 1 aromatic rings. The minimum absolute atomic E-state index is 0.00313. The van der Waals surface area contributed by atoms with E-state index in [4.69, 9.17) is 14.2 Å². The first-order chi connectivity index (χ1) is 13.4. The number of hydrazine groups is 1. The van der Waals surface area contributed by atoms with Crippen molar-refractivity contribution >= 4 is 11.9 Å². The van der Waals surface area contributed by atoms with Crippen molar-refractivity contribution in [2.45, 2.75) is 44.8 Å². The first-order valence-corrected chi connectivity index (χ1v) is 9.29. The molecule has 0 aromatic heterocycles. The molecule has 1 aromatic carbocycles. The Hall–Kier alpha value is -2.74. The summed E-state index contributed by atoms with van der Waals surface area (Å²) in [6.07, 6.45) is 0.500. The van der Waals surface area contributed by atoms with Crippen LogP contribution >= 0.6 is 0 Å². The largest absolute Gasteiger partial charge is 0.493 e. The maximum Gasteiger partial charge on any atom is 0.310 e. The Bertz CT molecular complexity index is 807. The molecule has 0 spiro atoms. The summed E-state index contributed by atoms with van der Waals surface area (Å²) in [5.41, 5.74) is 5.46. The van der Waals surface area contributed by atoms with Gasteiger partial charge in [0.2, 0.25) is 0 Å². The molecule has 28 heavy (non-hydrogen) atoms. The summed E-state index contributed by atoms with van der Waals surface area (Å²) in [6, 6.07) is 5.87. The smallest absolute Gasteiger partial charge is 0.310 e. The third-order valence-electron chi connectivity index (χ3n) is 5.43. The predicted molar refractivity (Wildman–Crippen MR) is 103 cm³/mol. The van der Waals surface area contributed by atoms with Crippen molar-refractivity contribution in [3.63, 3.8) is 0 Å². The van der Waals surface area contributed by atoms with Crippen LogP contribution in [0.1, 0.15) is 38.2 Å². The Morgan fingerprint density at radius 1 is 1.18 bits per heavy atom. The van der Waals surface area contributed by atoms with Crippen LogP contribution in [0.15, 0.2) is 29.5 Å². The summed E-state index contributed by atoms with van der Waals surface area (Å²) in [7, 11) is 4.52. The molecular weight excluding hydrogens is 362 g/mol. The van der Waals surface area contributed by atoms with Gasteiger partial charge in [-0.1, -0.05) is 13.0 Å². The fourth-order valence-electron chi connectivity index (χ4n) is 3.92. The zero-order valence-corrected chi connectivity index (χ0v) is 16.9. The number of carbonyl (C=O) groups excluding carboxylic acids is 2. The van der Waals surface area contributed by atoms with E-state index in [2.05, 4.69) is 17.7 Å². The molecular formula is C20H27N3O5. The maximum absolute atomic E-state index is 13.0. The zero-order valence-electron chi connectivity index (χ0n) is 16.9. The van der Waals surface area contributed by atoms with E-state index < -0.39 is 5.97 Å². The van der Waals surface area contributed by atoms with Crippen LogP contribution < -0.4 is 20.2 Å². The average Bonchev–Trinajstić information content (AvgIpc) is 3.08. The van der Waals surface area contributed by atoms with Crippen molar-refractivity contribution in [2.24, 2.45) is 0 Å². The fraction of sp³-hybridized carbons (Fsp3) is 0.500. The lowest BCUT2D eigenvalue weighted by Crippen LogP contribution is -2.54. The minimum atomic E-state index is -0.439. The Kier molecular flexibility index (Phi) is 5.79. The van der Waals surface area contributed by atoms with E-state index in [9.17, 15) is 9.59 Å². The molecule has 152 valence electrons. The summed E-state index contributed by atoms with van der Waals surface area (Å²) < 4.78 is 15.5. The molecule has 3 atom stereocenters. The summed E-state index contributed by atoms with van der Waals surface area (Å²) in [4.78, 5) is 24.7. The van der Waals surface area contributed by atoms with Gasteiger partial charge in [0.05, 0.1) is 27.8 Å². The van der Waals surface area contributed by atoms with E-state index in [0.717, 1.165) is 12.0 Å². The van der Waals surface area contributed by atoms with Crippen LogP contribution in [-0.2, 0) is 14.3 Å². The lowest BCUT2D eigenvalue weighted by molar-refractivity contribution is -0.142. The van der Waals surface area contributed by atoms with E-state index >= 15 is 0 Å². The number of esters is 1. The maximum atomic E-state index is 13.0. The van der Waals surface area contributed by atoms with Crippen molar-refractivity contribution in [1.82, 2.24) is 15.8 Å². The third-order valence-corrected chi connectivity index (χ3v) is 5.43. The number of amides is 1. The van der Waals surface area contributed by atoms with Crippen LogP contribution in [0.4, 0.5) is 0 Å². The first-order valence-electron chi connectivity index (χ1n) is 9.29. The van der Waals surface area contributed by atoms with Gasteiger partial charge in [-0.25, -0.2) is 5.43 Å². The average molecular weight is 389 g/mol. The molecule has 1 amide bonds. The number of nitrogens with one attached hydrogen (secondary N) is 2. The van der Waals surface area contributed by atoms with Crippen molar-refractivity contribution in [1.29, 1.82) is 0 Å². The van der Waals surface area contributed by atoms with Gasteiger partial charge in [0.15, 0.2) is 11.5 Å². The zero-order chi connectivity index (χ0) is 20.4. The topological polar surface area (TPSA) is 89.1 Å². The van der Waals surface area contributed by atoms with Crippen LogP contribution in [0.2, 0.25) is 0 Å². The van der Waals surface area contributed by atoms with Crippen LogP contribution in [0.3, 0.4) is 0 Å². The van der Waals surface area contributed by atoms with E-state index in [1.807, 2.05) is 25.1 Å². The number of hydrogen-bond acceptors (Lipinski definition) is 7. The van der Waals surface area contributed by atoms with Gasteiger partial charge in [0.1, 0.15) is 6.17 Å². The highest BCUT2D eigenvalue weighted by Gasteiger charge is 2.47. The van der Waals surface area contributed by atoms with Gasteiger partial charge in [0.25, 0.3) is 5.91 Å². The number of fused-ring (bicyclic) bond motifs is 1. The lowest BCUT2D eigenvalue weighted by Gasteiger charge is -2.35. The highest BCUT2D eigenvalue weighted by atomic mass is 16.5. The molecule has 2 N–H and O–H groups in total. The second-order valence-electron chi connectivity index (χ2n) is 6.90. The molecule has 2 heterocycles. The second kappa shape index (κ2) is 8.10. The molecule has 8 heteroatoms. The molecule has 8 nitrogen and oxygen atoms in total. The summed E-state index contributed by atoms with van der Waals surface area (Å²) in [6.45, 7) is 3.89. The van der Waals surface area contributed by atoms with Crippen LogP contribution in [-0.4, -0.2) is 50.4 Å². The summed E-state index contributed by atoms with van der Waals surface area (Å²) in [5, 5.41) is 5.01. The summed E-state index contributed by atoms with van der Waals surface area (Å²) in [5.74, 6) is 0.669. The van der Waals surface area contributed by atoms with E-state index in [1.54, 1.807) is 19.2 Å². The first kappa shape index (κ1) is 20.0. The van der Waals surface area contributed by atoms with Crippen LogP contribution in [0.25, 0.3) is 0 Å². The quantitative estimate of drug-likeness (QED) is 0.716.